The Hall–Kier alpha value is -1.36. The second-order valence-electron chi connectivity index (χ2n) is 4.70. The summed E-state index contributed by atoms with van der Waals surface area (Å²) in [7, 11) is 0. The first-order valence-corrected chi connectivity index (χ1v) is 5.82. The summed E-state index contributed by atoms with van der Waals surface area (Å²) >= 11 is 0. The van der Waals surface area contributed by atoms with Gasteiger partial charge in [0.1, 0.15) is 0 Å². The van der Waals surface area contributed by atoms with E-state index in [2.05, 4.69) is 14.9 Å². The largest absolute Gasteiger partial charge is 0.346 e. The molecule has 2 fully saturated rings. The first-order valence-electron chi connectivity index (χ1n) is 5.82. The van der Waals surface area contributed by atoms with Crippen molar-refractivity contribution >= 4 is 5.91 Å². The first kappa shape index (κ1) is 9.84. The molecule has 0 aromatic carbocycles. The molecule has 1 aliphatic heterocycles. The highest BCUT2D eigenvalue weighted by Gasteiger charge is 2.33. The van der Waals surface area contributed by atoms with Crippen LogP contribution in [0.5, 0.6) is 0 Å². The van der Waals surface area contributed by atoms with Gasteiger partial charge in [-0.2, -0.15) is 0 Å². The van der Waals surface area contributed by atoms with Crippen molar-refractivity contribution in [3.05, 3.63) is 18.2 Å². The molecule has 86 valence electrons. The summed E-state index contributed by atoms with van der Waals surface area (Å²) in [6, 6.07) is 0.514. The number of aromatic nitrogens is 2. The summed E-state index contributed by atoms with van der Waals surface area (Å²) in [5.41, 5.74) is 7.12. The van der Waals surface area contributed by atoms with Gasteiger partial charge in [0.15, 0.2) is 0 Å². The van der Waals surface area contributed by atoms with Crippen molar-refractivity contribution in [2.24, 2.45) is 5.73 Å². The van der Waals surface area contributed by atoms with Gasteiger partial charge in [-0.15, -0.1) is 0 Å². The van der Waals surface area contributed by atoms with Crippen LogP contribution >= 0.6 is 0 Å². The van der Waals surface area contributed by atoms with Crippen LogP contribution in [0.3, 0.4) is 0 Å². The molecule has 5 heteroatoms. The molecule has 1 aliphatic carbocycles. The molecule has 5 nitrogen and oxygen atoms in total. The Labute approximate surface area is 94.0 Å². The van der Waals surface area contributed by atoms with Crippen LogP contribution in [0.1, 0.15) is 43.5 Å². The Morgan fingerprint density at radius 2 is 2.25 bits per heavy atom. The minimum atomic E-state index is -0.0654. The van der Waals surface area contributed by atoms with E-state index in [0.29, 0.717) is 12.5 Å². The monoisotopic (exact) mass is 220 g/mol. The van der Waals surface area contributed by atoms with Gasteiger partial charge in [0.05, 0.1) is 24.3 Å². The van der Waals surface area contributed by atoms with Crippen molar-refractivity contribution < 1.29 is 4.79 Å². The molecule has 3 rings (SSSR count). The summed E-state index contributed by atoms with van der Waals surface area (Å²) in [5.74, 6) is 0.0928. The minimum Gasteiger partial charge on any atom is -0.346 e. The Balaban J connectivity index is 1.88. The molecule has 2 unspecified atom stereocenters. The highest BCUT2D eigenvalue weighted by atomic mass is 16.1. The van der Waals surface area contributed by atoms with Gasteiger partial charge in [0.2, 0.25) is 5.91 Å². The van der Waals surface area contributed by atoms with Crippen LogP contribution in [0.4, 0.5) is 0 Å². The zero-order chi connectivity index (χ0) is 11.1. The van der Waals surface area contributed by atoms with E-state index >= 15 is 0 Å². The molecular weight excluding hydrogens is 204 g/mol. The number of nitrogens with two attached hydrogens (primary N) is 1. The number of nitrogens with one attached hydrogen (secondary N) is 1. The summed E-state index contributed by atoms with van der Waals surface area (Å²) in [6.45, 7) is 0. The Morgan fingerprint density at radius 3 is 3.00 bits per heavy atom. The van der Waals surface area contributed by atoms with Crippen molar-refractivity contribution in [1.82, 2.24) is 14.9 Å². The molecule has 1 aromatic heterocycles. The van der Waals surface area contributed by atoms with Crippen LogP contribution < -0.4 is 11.1 Å². The van der Waals surface area contributed by atoms with Crippen molar-refractivity contribution in [2.45, 2.75) is 43.8 Å². The van der Waals surface area contributed by atoms with E-state index in [0.717, 1.165) is 12.1 Å². The number of nitrogens with zero attached hydrogens (tertiary/aromatic N) is 2. The number of imidazole rings is 1. The summed E-state index contributed by atoms with van der Waals surface area (Å²) in [5, 5.41) is 2.97. The van der Waals surface area contributed by atoms with Crippen LogP contribution in [0.25, 0.3) is 0 Å². The molecule has 1 aromatic rings. The lowest BCUT2D eigenvalue weighted by atomic mass is 9.96. The van der Waals surface area contributed by atoms with E-state index in [4.69, 9.17) is 5.73 Å². The third-order valence-electron chi connectivity index (χ3n) is 3.40. The third-order valence-corrected chi connectivity index (χ3v) is 3.40. The standard InChI is InChI=1S/C11H16N4O/c12-8-3-4-10(16)14-11(8)9-5-13-6-15(9)7-1-2-7/h5-8,11H,1-4,12H2,(H,14,16). The van der Waals surface area contributed by atoms with E-state index in [1.807, 2.05) is 12.5 Å². The number of carbonyl (C=O) groups is 1. The van der Waals surface area contributed by atoms with Gasteiger partial charge in [-0.05, 0) is 19.3 Å². The smallest absolute Gasteiger partial charge is 0.220 e. The quantitative estimate of drug-likeness (QED) is 0.762. The molecule has 0 radical (unpaired) electrons. The summed E-state index contributed by atoms with van der Waals surface area (Å²) in [6.07, 6.45) is 7.38. The highest BCUT2D eigenvalue weighted by molar-refractivity contribution is 5.77. The predicted molar refractivity (Wildman–Crippen MR) is 58.6 cm³/mol. The van der Waals surface area contributed by atoms with Gasteiger partial charge in [-0.3, -0.25) is 4.79 Å². The predicted octanol–water partition coefficient (Wildman–Crippen LogP) is 0.496. The molecule has 1 saturated heterocycles. The van der Waals surface area contributed by atoms with Crippen LogP contribution in [0.15, 0.2) is 12.5 Å². The first-order chi connectivity index (χ1) is 7.75. The average Bonchev–Trinajstić information content (AvgIpc) is 3.01. The molecule has 1 amide bonds. The Bertz CT molecular complexity index is 410. The molecule has 2 heterocycles. The lowest BCUT2D eigenvalue weighted by molar-refractivity contribution is -0.123. The molecular formula is C11H16N4O. The normalized spacial score (nSPS) is 30.2. The van der Waals surface area contributed by atoms with Gasteiger partial charge in [-0.25, -0.2) is 4.98 Å². The second-order valence-corrected chi connectivity index (χ2v) is 4.70. The van der Waals surface area contributed by atoms with Gasteiger partial charge < -0.3 is 15.6 Å². The average molecular weight is 220 g/mol. The Kier molecular flexibility index (Phi) is 2.21. The molecule has 3 N–H and O–H groups in total. The van der Waals surface area contributed by atoms with E-state index in [1.165, 1.54) is 12.8 Å². The van der Waals surface area contributed by atoms with Crippen molar-refractivity contribution in [3.63, 3.8) is 0 Å². The lowest BCUT2D eigenvalue weighted by Crippen LogP contribution is -2.46. The highest BCUT2D eigenvalue weighted by Crippen LogP contribution is 2.37. The maximum Gasteiger partial charge on any atom is 0.220 e. The SMILES string of the molecule is NC1CCC(=O)NC1c1cncn1C1CC1. The summed E-state index contributed by atoms with van der Waals surface area (Å²) in [4.78, 5) is 15.6. The second kappa shape index (κ2) is 3.59. The Morgan fingerprint density at radius 1 is 1.44 bits per heavy atom. The number of carbonyl (C=O) groups excluding carboxylic acids is 1. The lowest BCUT2D eigenvalue weighted by Gasteiger charge is -2.30. The number of amides is 1. The zero-order valence-electron chi connectivity index (χ0n) is 9.10. The molecule has 0 spiro atoms. The maximum atomic E-state index is 11.4. The third kappa shape index (κ3) is 1.61. The van der Waals surface area contributed by atoms with E-state index in [-0.39, 0.29) is 18.0 Å². The van der Waals surface area contributed by atoms with E-state index < -0.39 is 0 Å². The molecule has 16 heavy (non-hydrogen) atoms. The van der Waals surface area contributed by atoms with Gasteiger partial charge in [0, 0.05) is 18.5 Å². The van der Waals surface area contributed by atoms with Crippen LogP contribution in [0.2, 0.25) is 0 Å². The van der Waals surface area contributed by atoms with E-state index in [9.17, 15) is 4.79 Å². The minimum absolute atomic E-state index is 0.00639. The van der Waals surface area contributed by atoms with Crippen LogP contribution in [0, 0.1) is 0 Å². The van der Waals surface area contributed by atoms with E-state index in [1.54, 1.807) is 0 Å². The number of hydrogen-bond donors (Lipinski definition) is 2. The van der Waals surface area contributed by atoms with Gasteiger partial charge >= 0.3 is 0 Å². The number of piperidine rings is 1. The number of rotatable bonds is 2. The molecule has 2 atom stereocenters. The van der Waals surface area contributed by atoms with Gasteiger partial charge in [-0.1, -0.05) is 0 Å². The van der Waals surface area contributed by atoms with Crippen LogP contribution in [-0.4, -0.2) is 21.5 Å². The topological polar surface area (TPSA) is 72.9 Å². The van der Waals surface area contributed by atoms with Crippen molar-refractivity contribution in [2.75, 3.05) is 0 Å². The molecule has 1 saturated carbocycles. The molecule has 0 bridgehead atoms. The number of hydrogen-bond acceptors (Lipinski definition) is 3. The fraction of sp³-hybridized carbons (Fsp3) is 0.636. The molecule has 2 aliphatic rings. The fourth-order valence-electron chi connectivity index (χ4n) is 2.32. The maximum absolute atomic E-state index is 11.4. The fourth-order valence-corrected chi connectivity index (χ4v) is 2.32. The van der Waals surface area contributed by atoms with Crippen molar-refractivity contribution in [1.29, 1.82) is 0 Å². The van der Waals surface area contributed by atoms with Crippen molar-refractivity contribution in [3.8, 4) is 0 Å². The summed E-state index contributed by atoms with van der Waals surface area (Å²) < 4.78 is 2.16. The van der Waals surface area contributed by atoms with Gasteiger partial charge in [0.25, 0.3) is 0 Å². The zero-order valence-corrected chi connectivity index (χ0v) is 9.10. The van der Waals surface area contributed by atoms with Crippen LogP contribution in [-0.2, 0) is 4.79 Å².